The third kappa shape index (κ3) is 4.08. The first kappa shape index (κ1) is 19.6. The first-order valence-corrected chi connectivity index (χ1v) is 9.97. The van der Waals surface area contributed by atoms with Gasteiger partial charge in [-0.2, -0.15) is 4.31 Å². The number of imidazole rings is 1. The molecule has 2 aromatic heterocycles. The first-order valence-electron chi connectivity index (χ1n) is 8.53. The zero-order valence-corrected chi connectivity index (χ0v) is 15.9. The van der Waals surface area contributed by atoms with Gasteiger partial charge in [0.1, 0.15) is 11.5 Å². The third-order valence-electron chi connectivity index (χ3n) is 4.84. The van der Waals surface area contributed by atoms with E-state index < -0.39 is 27.7 Å². The lowest BCUT2D eigenvalue weighted by atomic mass is 9.98. The van der Waals surface area contributed by atoms with E-state index >= 15 is 0 Å². The highest BCUT2D eigenvalue weighted by atomic mass is 32.2. The van der Waals surface area contributed by atoms with E-state index in [0.29, 0.717) is 38.3 Å². The van der Waals surface area contributed by atoms with Crippen molar-refractivity contribution in [1.29, 1.82) is 0 Å². The van der Waals surface area contributed by atoms with Crippen molar-refractivity contribution in [2.45, 2.75) is 37.8 Å². The number of halogens is 2. The van der Waals surface area contributed by atoms with Gasteiger partial charge < -0.3 is 4.57 Å². The van der Waals surface area contributed by atoms with Gasteiger partial charge in [0.2, 0.25) is 0 Å². The highest BCUT2D eigenvalue weighted by Crippen LogP contribution is 2.24. The van der Waals surface area contributed by atoms with Crippen molar-refractivity contribution < 1.29 is 17.2 Å². The smallest absolute Gasteiger partial charge is 0.280 e. The molecule has 0 N–H and O–H groups in total. The van der Waals surface area contributed by atoms with E-state index in [-0.39, 0.29) is 10.9 Å². The van der Waals surface area contributed by atoms with Crippen molar-refractivity contribution in [3.8, 4) is 0 Å². The molecular weight excluding hydrogens is 380 g/mol. The van der Waals surface area contributed by atoms with E-state index in [0.717, 1.165) is 12.4 Å². The summed E-state index contributed by atoms with van der Waals surface area (Å²) in [5.41, 5.74) is -1.07. The van der Waals surface area contributed by atoms with Crippen LogP contribution >= 0.6 is 0 Å². The van der Waals surface area contributed by atoms with Gasteiger partial charge in [0, 0.05) is 38.9 Å². The summed E-state index contributed by atoms with van der Waals surface area (Å²) in [5.74, 6) is 0.682. The molecule has 0 spiro atoms. The van der Waals surface area contributed by atoms with Crippen molar-refractivity contribution >= 4 is 10.0 Å². The van der Waals surface area contributed by atoms with Gasteiger partial charge in [-0.25, -0.2) is 27.2 Å². The number of rotatable bonds is 5. The monoisotopic (exact) mass is 401 g/mol. The number of sulfonamides is 1. The lowest BCUT2D eigenvalue weighted by molar-refractivity contribution is 0.145. The molecule has 3 rings (SSSR count). The van der Waals surface area contributed by atoms with Crippen molar-refractivity contribution in [2.24, 2.45) is 13.0 Å². The van der Waals surface area contributed by atoms with Crippen LogP contribution in [-0.4, -0.2) is 44.9 Å². The van der Waals surface area contributed by atoms with Crippen LogP contribution in [0.25, 0.3) is 0 Å². The molecule has 2 aromatic rings. The molecule has 148 valence electrons. The Morgan fingerprint density at radius 3 is 2.48 bits per heavy atom. The Balaban J connectivity index is 1.64. The fraction of sp³-hybridized carbons (Fsp3) is 0.562. The summed E-state index contributed by atoms with van der Waals surface area (Å²) in [4.78, 5) is 19.6. The number of alkyl halides is 2. The molecule has 0 unspecified atom stereocenters. The fourth-order valence-corrected chi connectivity index (χ4v) is 4.58. The maximum atomic E-state index is 12.7. The second kappa shape index (κ2) is 7.47. The summed E-state index contributed by atoms with van der Waals surface area (Å²) in [7, 11) is -1.91. The van der Waals surface area contributed by atoms with E-state index in [4.69, 9.17) is 0 Å². The van der Waals surface area contributed by atoms with Crippen molar-refractivity contribution in [1.82, 2.24) is 23.4 Å². The van der Waals surface area contributed by atoms with Gasteiger partial charge in [-0.1, -0.05) is 0 Å². The Hall–Kier alpha value is -2.14. The summed E-state index contributed by atoms with van der Waals surface area (Å²) in [6.45, 7) is 2.70. The van der Waals surface area contributed by atoms with Crippen LogP contribution in [0.2, 0.25) is 0 Å². The van der Waals surface area contributed by atoms with Gasteiger partial charge in [0.25, 0.3) is 22.0 Å². The van der Waals surface area contributed by atoms with Crippen LogP contribution in [0, 0.1) is 12.8 Å². The predicted octanol–water partition coefficient (Wildman–Crippen LogP) is 1.32. The maximum Gasteiger partial charge on any atom is 0.280 e. The number of piperidine rings is 1. The van der Waals surface area contributed by atoms with Crippen molar-refractivity contribution in [3.05, 3.63) is 40.5 Å². The number of nitrogens with zero attached hydrogens (tertiary/aromatic N) is 5. The standard InChI is InChI=1S/C16H21F2N5O3S/c1-11-20-14(9-21(11)2)27(25,26)23-5-3-12(4-6-23)8-22-10-19-13(16(17)18)7-15(22)24/h7,9-10,12,16H,3-6,8H2,1-2H3. The van der Waals surface area contributed by atoms with E-state index in [2.05, 4.69) is 9.97 Å². The van der Waals surface area contributed by atoms with E-state index in [9.17, 15) is 22.0 Å². The van der Waals surface area contributed by atoms with Crippen LogP contribution in [0.4, 0.5) is 8.78 Å². The highest BCUT2D eigenvalue weighted by molar-refractivity contribution is 7.89. The minimum Gasteiger partial charge on any atom is -0.337 e. The summed E-state index contributed by atoms with van der Waals surface area (Å²) >= 11 is 0. The molecule has 0 aliphatic carbocycles. The second-order valence-electron chi connectivity index (χ2n) is 6.69. The van der Waals surface area contributed by atoms with Crippen molar-refractivity contribution in [2.75, 3.05) is 13.1 Å². The van der Waals surface area contributed by atoms with Gasteiger partial charge in [0.15, 0.2) is 5.03 Å². The second-order valence-corrected chi connectivity index (χ2v) is 8.57. The molecule has 0 saturated carbocycles. The van der Waals surface area contributed by atoms with Gasteiger partial charge in [-0.15, -0.1) is 0 Å². The van der Waals surface area contributed by atoms with E-state index in [1.54, 1.807) is 18.5 Å². The van der Waals surface area contributed by atoms with Gasteiger partial charge >= 0.3 is 0 Å². The summed E-state index contributed by atoms with van der Waals surface area (Å²) in [5, 5.41) is 0.0314. The molecule has 0 aromatic carbocycles. The van der Waals surface area contributed by atoms with Crippen LogP contribution in [-0.2, 0) is 23.6 Å². The Bertz CT molecular complexity index is 959. The zero-order chi connectivity index (χ0) is 19.8. The molecule has 27 heavy (non-hydrogen) atoms. The maximum absolute atomic E-state index is 12.7. The fourth-order valence-electron chi connectivity index (χ4n) is 3.09. The van der Waals surface area contributed by atoms with Crippen molar-refractivity contribution in [3.63, 3.8) is 0 Å². The third-order valence-corrected chi connectivity index (χ3v) is 6.61. The molecule has 0 amide bonds. The Labute approximate surface area is 155 Å². The molecular formula is C16H21F2N5O3S. The molecule has 0 atom stereocenters. The molecule has 1 fully saturated rings. The lowest BCUT2D eigenvalue weighted by Crippen LogP contribution is -2.40. The molecule has 0 radical (unpaired) electrons. The van der Waals surface area contributed by atoms with Crippen LogP contribution < -0.4 is 5.56 Å². The van der Waals surface area contributed by atoms with Gasteiger partial charge in [-0.05, 0) is 25.7 Å². The summed E-state index contributed by atoms with van der Waals surface area (Å²) in [6.07, 6.45) is 0.967. The lowest BCUT2D eigenvalue weighted by Gasteiger charge is -2.30. The average Bonchev–Trinajstić information content (AvgIpc) is 2.97. The summed E-state index contributed by atoms with van der Waals surface area (Å²) < 4.78 is 54.9. The van der Waals surface area contributed by atoms with Crippen LogP contribution in [0.15, 0.2) is 28.4 Å². The minimum atomic E-state index is -3.65. The molecule has 3 heterocycles. The molecule has 0 bridgehead atoms. The minimum absolute atomic E-state index is 0.0314. The topological polar surface area (TPSA) is 90.1 Å². The average molecular weight is 401 g/mol. The number of aromatic nitrogens is 4. The number of hydrogen-bond donors (Lipinski definition) is 0. The van der Waals surface area contributed by atoms with E-state index in [1.165, 1.54) is 15.1 Å². The number of hydrogen-bond acceptors (Lipinski definition) is 5. The molecule has 1 aliphatic heterocycles. The zero-order valence-electron chi connectivity index (χ0n) is 15.0. The molecule has 1 aliphatic rings. The normalized spacial score (nSPS) is 16.9. The SMILES string of the molecule is Cc1nc(S(=O)(=O)N2CCC(Cn3cnc(C(F)F)cc3=O)CC2)cn1C. The van der Waals surface area contributed by atoms with Crippen LogP contribution in [0.3, 0.4) is 0 Å². The van der Waals surface area contributed by atoms with Gasteiger partial charge in [0.05, 0.1) is 6.33 Å². The quantitative estimate of drug-likeness (QED) is 0.754. The molecule has 8 nitrogen and oxygen atoms in total. The van der Waals surface area contributed by atoms with Gasteiger partial charge in [-0.3, -0.25) is 9.36 Å². The van der Waals surface area contributed by atoms with Crippen LogP contribution in [0.1, 0.15) is 30.8 Å². The van der Waals surface area contributed by atoms with E-state index in [1.807, 2.05) is 0 Å². The Morgan fingerprint density at radius 2 is 1.96 bits per heavy atom. The Morgan fingerprint density at radius 1 is 1.30 bits per heavy atom. The van der Waals surface area contributed by atoms with Crippen LogP contribution in [0.5, 0.6) is 0 Å². The summed E-state index contributed by atoms with van der Waals surface area (Å²) in [6, 6.07) is 0.841. The Kier molecular flexibility index (Phi) is 5.43. The first-order chi connectivity index (χ1) is 12.7. The number of aryl methyl sites for hydroxylation is 2. The predicted molar refractivity (Wildman–Crippen MR) is 92.9 cm³/mol. The largest absolute Gasteiger partial charge is 0.337 e. The molecule has 1 saturated heterocycles. The molecule has 11 heteroatoms. The highest BCUT2D eigenvalue weighted by Gasteiger charge is 2.31.